The van der Waals surface area contributed by atoms with Gasteiger partial charge in [-0.3, -0.25) is 4.90 Å². The van der Waals surface area contributed by atoms with Crippen molar-refractivity contribution in [3.05, 3.63) is 71.0 Å². The predicted molar refractivity (Wildman–Crippen MR) is 118 cm³/mol. The fourth-order valence-electron chi connectivity index (χ4n) is 3.92. The minimum Gasteiger partial charge on any atom is -0.369 e. The molecule has 1 atom stereocenters. The molecule has 0 bridgehead atoms. The first kappa shape index (κ1) is 19.2. The second-order valence-corrected chi connectivity index (χ2v) is 7.90. The zero-order valence-corrected chi connectivity index (χ0v) is 17.7. The molecule has 146 valence electrons. The van der Waals surface area contributed by atoms with Gasteiger partial charge in [-0.1, -0.05) is 48.5 Å². The second-order valence-electron chi connectivity index (χ2n) is 7.15. The highest BCUT2D eigenvalue weighted by molar-refractivity contribution is 9.10. The summed E-state index contributed by atoms with van der Waals surface area (Å²) in [5.74, 6) is 0.962. The van der Waals surface area contributed by atoms with Gasteiger partial charge in [0, 0.05) is 51.0 Å². The van der Waals surface area contributed by atoms with E-state index in [0.717, 1.165) is 47.9 Å². The van der Waals surface area contributed by atoms with Crippen molar-refractivity contribution in [2.75, 3.05) is 37.6 Å². The highest BCUT2D eigenvalue weighted by Crippen LogP contribution is 2.32. The molecule has 1 aliphatic rings. The number of imidazole rings is 1. The first-order valence-electron chi connectivity index (χ1n) is 9.70. The van der Waals surface area contributed by atoms with Gasteiger partial charge in [0.25, 0.3) is 0 Å². The summed E-state index contributed by atoms with van der Waals surface area (Å²) in [6.07, 6.45) is 0. The third-order valence-electron chi connectivity index (χ3n) is 5.50. The van der Waals surface area contributed by atoms with Gasteiger partial charge in [0.05, 0.1) is 11.7 Å². The monoisotopic (exact) mass is 439 g/mol. The molecule has 1 aromatic heterocycles. The fourth-order valence-corrected chi connectivity index (χ4v) is 4.44. The van der Waals surface area contributed by atoms with E-state index in [-0.39, 0.29) is 6.04 Å². The Morgan fingerprint density at radius 3 is 2.18 bits per heavy atom. The van der Waals surface area contributed by atoms with Gasteiger partial charge < -0.3 is 15.2 Å². The topological polar surface area (TPSA) is 50.3 Å². The van der Waals surface area contributed by atoms with Gasteiger partial charge in [0.1, 0.15) is 10.4 Å². The number of para-hydroxylation sites is 1. The van der Waals surface area contributed by atoms with E-state index in [1.165, 1.54) is 5.69 Å². The van der Waals surface area contributed by atoms with Crippen LogP contribution in [0.15, 0.2) is 65.3 Å². The summed E-state index contributed by atoms with van der Waals surface area (Å²) in [5, 5.41) is 0. The van der Waals surface area contributed by atoms with Gasteiger partial charge in [0.2, 0.25) is 0 Å². The molecule has 1 unspecified atom stereocenters. The Labute approximate surface area is 174 Å². The Balaban J connectivity index is 1.54. The minimum absolute atomic E-state index is 0.107. The molecule has 1 aliphatic heterocycles. The number of aromatic nitrogens is 2. The maximum Gasteiger partial charge on any atom is 0.140 e. The summed E-state index contributed by atoms with van der Waals surface area (Å²) in [4.78, 5) is 9.88. The highest BCUT2D eigenvalue weighted by Gasteiger charge is 2.29. The van der Waals surface area contributed by atoms with Gasteiger partial charge in [-0.05, 0) is 28.1 Å². The fraction of sp³-hybridized carbons (Fsp3) is 0.318. The van der Waals surface area contributed by atoms with Crippen LogP contribution in [0.1, 0.15) is 11.7 Å². The molecule has 0 spiro atoms. The number of anilines is 1. The normalized spacial score (nSPS) is 16.3. The van der Waals surface area contributed by atoms with Gasteiger partial charge >= 0.3 is 0 Å². The third-order valence-corrected chi connectivity index (χ3v) is 6.44. The van der Waals surface area contributed by atoms with E-state index in [1.807, 2.05) is 25.2 Å². The SMILES string of the molecule is Cn1c(-c2ccccc2)nc(C(CN)N2CCN(c3ccccc3)CC2)c1Br. The molecule has 0 radical (unpaired) electrons. The summed E-state index contributed by atoms with van der Waals surface area (Å²) in [5.41, 5.74) is 9.65. The molecule has 0 amide bonds. The standard InChI is InChI=1S/C22H26BrN5/c1-26-21(23)20(25-22(26)17-8-4-2-5-9-17)19(16-24)28-14-12-27(13-15-28)18-10-6-3-7-11-18/h2-11,19H,12-16,24H2,1H3. The summed E-state index contributed by atoms with van der Waals surface area (Å²) in [7, 11) is 2.05. The molecular formula is C22H26BrN5. The summed E-state index contributed by atoms with van der Waals surface area (Å²) in [6.45, 7) is 4.49. The number of piperazine rings is 1. The van der Waals surface area contributed by atoms with Crippen LogP contribution in [-0.4, -0.2) is 47.2 Å². The number of nitrogens with zero attached hydrogens (tertiary/aromatic N) is 4. The van der Waals surface area contributed by atoms with E-state index in [2.05, 4.69) is 72.8 Å². The Morgan fingerprint density at radius 2 is 1.57 bits per heavy atom. The Kier molecular flexibility index (Phi) is 5.80. The van der Waals surface area contributed by atoms with Crippen LogP contribution >= 0.6 is 15.9 Å². The van der Waals surface area contributed by atoms with E-state index in [4.69, 9.17) is 10.7 Å². The van der Waals surface area contributed by atoms with Crippen molar-refractivity contribution in [3.8, 4) is 11.4 Å². The number of halogens is 1. The number of hydrogen-bond donors (Lipinski definition) is 1. The molecule has 0 aliphatic carbocycles. The summed E-state index contributed by atoms with van der Waals surface area (Å²) in [6, 6.07) is 21.0. The van der Waals surface area contributed by atoms with Crippen LogP contribution in [-0.2, 0) is 7.05 Å². The minimum atomic E-state index is 0.107. The predicted octanol–water partition coefficient (Wildman–Crippen LogP) is 3.67. The van der Waals surface area contributed by atoms with Crippen molar-refractivity contribution in [1.82, 2.24) is 14.5 Å². The number of hydrogen-bond acceptors (Lipinski definition) is 4. The molecule has 2 aromatic carbocycles. The Hall–Kier alpha value is -2.15. The van der Waals surface area contributed by atoms with Crippen LogP contribution in [0.25, 0.3) is 11.4 Å². The van der Waals surface area contributed by atoms with E-state index >= 15 is 0 Å². The molecule has 1 fully saturated rings. The summed E-state index contributed by atoms with van der Waals surface area (Å²) < 4.78 is 3.11. The third kappa shape index (κ3) is 3.72. The summed E-state index contributed by atoms with van der Waals surface area (Å²) >= 11 is 3.76. The zero-order chi connectivity index (χ0) is 19.5. The highest BCUT2D eigenvalue weighted by atomic mass is 79.9. The van der Waals surface area contributed by atoms with E-state index in [9.17, 15) is 0 Å². The average molecular weight is 440 g/mol. The maximum atomic E-state index is 6.22. The van der Waals surface area contributed by atoms with Gasteiger partial charge in [-0.15, -0.1) is 0 Å². The number of rotatable bonds is 5. The van der Waals surface area contributed by atoms with Crippen molar-refractivity contribution in [2.24, 2.45) is 12.8 Å². The van der Waals surface area contributed by atoms with Crippen LogP contribution < -0.4 is 10.6 Å². The largest absolute Gasteiger partial charge is 0.369 e. The lowest BCUT2D eigenvalue weighted by molar-refractivity contribution is 0.186. The van der Waals surface area contributed by atoms with Crippen molar-refractivity contribution in [3.63, 3.8) is 0 Å². The van der Waals surface area contributed by atoms with E-state index in [0.29, 0.717) is 6.54 Å². The number of benzene rings is 2. The molecule has 5 nitrogen and oxygen atoms in total. The van der Waals surface area contributed by atoms with Crippen molar-refractivity contribution >= 4 is 21.6 Å². The Bertz CT molecular complexity index is 901. The molecule has 0 saturated carbocycles. The van der Waals surface area contributed by atoms with Crippen LogP contribution in [0, 0.1) is 0 Å². The van der Waals surface area contributed by atoms with E-state index < -0.39 is 0 Å². The molecule has 3 aromatic rings. The molecule has 4 rings (SSSR count). The van der Waals surface area contributed by atoms with Gasteiger partial charge in [-0.2, -0.15) is 0 Å². The lowest BCUT2D eigenvalue weighted by Crippen LogP contribution is -2.49. The average Bonchev–Trinajstić information content (AvgIpc) is 3.05. The van der Waals surface area contributed by atoms with Crippen LogP contribution in [0.2, 0.25) is 0 Å². The quantitative estimate of drug-likeness (QED) is 0.658. The molecular weight excluding hydrogens is 414 g/mol. The number of nitrogens with two attached hydrogens (primary N) is 1. The van der Waals surface area contributed by atoms with Crippen LogP contribution in [0.5, 0.6) is 0 Å². The molecule has 28 heavy (non-hydrogen) atoms. The van der Waals surface area contributed by atoms with Crippen molar-refractivity contribution in [1.29, 1.82) is 0 Å². The van der Waals surface area contributed by atoms with Gasteiger partial charge in [-0.25, -0.2) is 4.98 Å². The lowest BCUT2D eigenvalue weighted by Gasteiger charge is -2.39. The maximum absolute atomic E-state index is 6.22. The second kappa shape index (κ2) is 8.47. The molecule has 2 N–H and O–H groups in total. The first-order chi connectivity index (χ1) is 13.7. The molecule has 6 heteroatoms. The van der Waals surface area contributed by atoms with Crippen LogP contribution in [0.3, 0.4) is 0 Å². The van der Waals surface area contributed by atoms with E-state index in [1.54, 1.807) is 0 Å². The van der Waals surface area contributed by atoms with Crippen molar-refractivity contribution in [2.45, 2.75) is 6.04 Å². The molecule has 2 heterocycles. The first-order valence-corrected chi connectivity index (χ1v) is 10.5. The smallest absolute Gasteiger partial charge is 0.140 e. The Morgan fingerprint density at radius 1 is 0.964 bits per heavy atom. The lowest BCUT2D eigenvalue weighted by atomic mass is 10.1. The molecule has 1 saturated heterocycles. The zero-order valence-electron chi connectivity index (χ0n) is 16.1. The van der Waals surface area contributed by atoms with Crippen molar-refractivity contribution < 1.29 is 0 Å². The van der Waals surface area contributed by atoms with Crippen LogP contribution in [0.4, 0.5) is 5.69 Å². The van der Waals surface area contributed by atoms with Gasteiger partial charge in [0.15, 0.2) is 0 Å².